The van der Waals surface area contributed by atoms with Gasteiger partial charge in [-0.25, -0.2) is 23.5 Å². The number of ether oxygens (including phenoxy) is 1. The average Bonchev–Trinajstić information content (AvgIpc) is 3.10. The molecule has 2 heterocycles. The molecule has 1 aromatic carbocycles. The Labute approximate surface area is 185 Å². The van der Waals surface area contributed by atoms with Crippen LogP contribution in [0.1, 0.15) is 38.8 Å². The summed E-state index contributed by atoms with van der Waals surface area (Å²) < 4.78 is 31.6. The molecule has 0 spiro atoms. The number of carbonyl (C=O) groups is 1. The van der Waals surface area contributed by atoms with Gasteiger partial charge in [-0.15, -0.1) is 0 Å². The Balaban J connectivity index is 1.79. The second-order valence-electron chi connectivity index (χ2n) is 8.31. The third-order valence-corrected chi connectivity index (χ3v) is 4.35. The van der Waals surface area contributed by atoms with E-state index in [9.17, 15) is 13.6 Å². The Morgan fingerprint density at radius 2 is 2.00 bits per heavy atom. The van der Waals surface area contributed by atoms with E-state index in [0.29, 0.717) is 34.3 Å². The Bertz CT molecular complexity index is 1030. The molecular weight excluding hydrogens is 418 g/mol. The maximum Gasteiger partial charge on any atom is 0.407 e. The van der Waals surface area contributed by atoms with Gasteiger partial charge in [-0.3, -0.25) is 4.99 Å². The molecule has 32 heavy (non-hydrogen) atoms. The molecule has 1 amide bonds. The number of anilines is 1. The van der Waals surface area contributed by atoms with Crippen LogP contribution in [0, 0.1) is 0 Å². The van der Waals surface area contributed by atoms with E-state index in [0.717, 1.165) is 0 Å². The maximum absolute atomic E-state index is 13.2. The molecule has 0 saturated heterocycles. The highest BCUT2D eigenvalue weighted by Gasteiger charge is 2.18. The molecule has 0 saturated carbocycles. The number of amidine groups is 1. The predicted molar refractivity (Wildman–Crippen MR) is 118 cm³/mol. The van der Waals surface area contributed by atoms with Gasteiger partial charge in [0.2, 0.25) is 12.4 Å². The summed E-state index contributed by atoms with van der Waals surface area (Å²) in [6.45, 7) is 7.26. The highest BCUT2D eigenvalue weighted by Crippen LogP contribution is 2.23. The molecule has 1 unspecified atom stereocenters. The van der Waals surface area contributed by atoms with Crippen molar-refractivity contribution in [1.82, 2.24) is 20.3 Å². The molecule has 0 aliphatic carbocycles. The standard InChI is InChI=1S/C22H26F2N6O2/c1-13-5-8-18(28-13)29-20-27-12-26-19(30-20)14-6-7-15(16(9-14)10-17(23)24)11-25-21(31)32-22(2,3)4/h5-9,12-13,17H,10-11H2,1-4H3,(H,25,31)(H,26,27,28,29,30). The zero-order valence-corrected chi connectivity index (χ0v) is 18.4. The maximum atomic E-state index is 13.2. The third-order valence-electron chi connectivity index (χ3n) is 4.35. The summed E-state index contributed by atoms with van der Waals surface area (Å²) in [5.41, 5.74) is 0.860. The van der Waals surface area contributed by atoms with Crippen LogP contribution in [0.2, 0.25) is 0 Å². The number of alkyl carbamates (subject to hydrolysis) is 1. The van der Waals surface area contributed by atoms with Gasteiger partial charge in [-0.1, -0.05) is 18.2 Å². The van der Waals surface area contributed by atoms with E-state index in [1.54, 1.807) is 39.0 Å². The number of rotatable bonds is 6. The van der Waals surface area contributed by atoms with Gasteiger partial charge < -0.3 is 15.4 Å². The number of hydrogen-bond donors (Lipinski definition) is 2. The van der Waals surface area contributed by atoms with Crippen LogP contribution in [0.3, 0.4) is 0 Å². The lowest BCUT2D eigenvalue weighted by Crippen LogP contribution is -2.32. The number of aromatic nitrogens is 3. The highest BCUT2D eigenvalue weighted by atomic mass is 19.3. The molecule has 8 nitrogen and oxygen atoms in total. The number of amides is 1. The number of nitrogens with zero attached hydrogens (tertiary/aromatic N) is 4. The Morgan fingerprint density at radius 3 is 2.66 bits per heavy atom. The van der Waals surface area contributed by atoms with Crippen molar-refractivity contribution < 1.29 is 18.3 Å². The number of aliphatic imine (C=N–C) groups is 1. The van der Waals surface area contributed by atoms with Crippen LogP contribution in [0.5, 0.6) is 0 Å². The summed E-state index contributed by atoms with van der Waals surface area (Å²) >= 11 is 0. The van der Waals surface area contributed by atoms with E-state index in [2.05, 4.69) is 30.6 Å². The summed E-state index contributed by atoms with van der Waals surface area (Å²) in [6, 6.07) is 5.08. The van der Waals surface area contributed by atoms with E-state index in [1.165, 1.54) is 6.33 Å². The number of carbonyl (C=O) groups excluding carboxylic acids is 1. The van der Waals surface area contributed by atoms with Crippen molar-refractivity contribution in [2.45, 2.75) is 58.7 Å². The topological polar surface area (TPSA) is 101 Å². The molecule has 0 fully saturated rings. The monoisotopic (exact) mass is 444 g/mol. The summed E-state index contributed by atoms with van der Waals surface area (Å²) in [6.07, 6.45) is 1.49. The average molecular weight is 444 g/mol. The minimum Gasteiger partial charge on any atom is -0.444 e. The molecule has 1 aliphatic rings. The molecule has 2 N–H and O–H groups in total. The molecular formula is C22H26F2N6O2. The molecule has 0 bridgehead atoms. The zero-order chi connectivity index (χ0) is 23.3. The smallest absolute Gasteiger partial charge is 0.407 e. The number of halogens is 2. The minimum atomic E-state index is -2.55. The Kier molecular flexibility index (Phi) is 7.12. The second-order valence-corrected chi connectivity index (χ2v) is 8.31. The van der Waals surface area contributed by atoms with Crippen molar-refractivity contribution in [3.8, 4) is 11.4 Å². The zero-order valence-electron chi connectivity index (χ0n) is 18.4. The normalized spacial score (nSPS) is 15.6. The fourth-order valence-corrected chi connectivity index (χ4v) is 3.00. The number of nitrogens with one attached hydrogen (secondary N) is 2. The first-order valence-corrected chi connectivity index (χ1v) is 10.2. The van der Waals surface area contributed by atoms with Crippen LogP contribution >= 0.6 is 0 Å². The van der Waals surface area contributed by atoms with E-state index in [1.807, 2.05) is 19.1 Å². The van der Waals surface area contributed by atoms with Gasteiger partial charge in [0.25, 0.3) is 0 Å². The third kappa shape index (κ3) is 6.79. The van der Waals surface area contributed by atoms with Gasteiger partial charge >= 0.3 is 6.09 Å². The van der Waals surface area contributed by atoms with Crippen molar-refractivity contribution in [2.24, 2.45) is 4.99 Å². The van der Waals surface area contributed by atoms with E-state index < -0.39 is 24.5 Å². The first kappa shape index (κ1) is 23.2. The SMILES string of the molecule is CC1C=CC(Nc2ncnc(-c3ccc(CNC(=O)OC(C)(C)C)c(CC(F)F)c3)n2)=N1. The largest absolute Gasteiger partial charge is 0.444 e. The van der Waals surface area contributed by atoms with Crippen molar-refractivity contribution >= 4 is 17.9 Å². The summed E-state index contributed by atoms with van der Waals surface area (Å²) in [5.74, 6) is 1.27. The molecule has 1 atom stereocenters. The fourth-order valence-electron chi connectivity index (χ4n) is 3.00. The molecule has 170 valence electrons. The molecule has 3 rings (SSSR count). The van der Waals surface area contributed by atoms with Gasteiger partial charge in [0.15, 0.2) is 5.82 Å². The van der Waals surface area contributed by atoms with Gasteiger partial charge in [0.1, 0.15) is 17.8 Å². The number of hydrogen-bond acceptors (Lipinski definition) is 7. The number of benzene rings is 1. The van der Waals surface area contributed by atoms with Crippen LogP contribution in [0.4, 0.5) is 19.5 Å². The quantitative estimate of drug-likeness (QED) is 0.694. The van der Waals surface area contributed by atoms with Crippen LogP contribution in [0.15, 0.2) is 41.7 Å². The molecule has 2 aromatic rings. The molecule has 1 aliphatic heterocycles. The number of alkyl halides is 2. The fraction of sp³-hybridized carbons (Fsp3) is 0.409. The minimum absolute atomic E-state index is 0.0611. The van der Waals surface area contributed by atoms with Crippen molar-refractivity contribution in [3.63, 3.8) is 0 Å². The lowest BCUT2D eigenvalue weighted by atomic mass is 10.0. The Hall–Kier alpha value is -3.43. The van der Waals surface area contributed by atoms with E-state index >= 15 is 0 Å². The van der Waals surface area contributed by atoms with Crippen LogP contribution in [0.25, 0.3) is 11.4 Å². The second kappa shape index (κ2) is 9.80. The van der Waals surface area contributed by atoms with E-state index in [4.69, 9.17) is 4.74 Å². The van der Waals surface area contributed by atoms with Crippen LogP contribution in [-0.4, -0.2) is 44.9 Å². The summed E-state index contributed by atoms with van der Waals surface area (Å²) in [5, 5.41) is 5.61. The van der Waals surface area contributed by atoms with Gasteiger partial charge in [-0.2, -0.15) is 4.98 Å². The van der Waals surface area contributed by atoms with Crippen molar-refractivity contribution in [2.75, 3.05) is 5.32 Å². The molecule has 0 radical (unpaired) electrons. The van der Waals surface area contributed by atoms with E-state index in [-0.39, 0.29) is 12.6 Å². The van der Waals surface area contributed by atoms with Crippen LogP contribution < -0.4 is 10.6 Å². The lowest BCUT2D eigenvalue weighted by Gasteiger charge is -2.20. The van der Waals surface area contributed by atoms with Gasteiger partial charge in [0.05, 0.1) is 6.04 Å². The van der Waals surface area contributed by atoms with Gasteiger partial charge in [0, 0.05) is 18.5 Å². The summed E-state index contributed by atoms with van der Waals surface area (Å²) in [7, 11) is 0. The van der Waals surface area contributed by atoms with Crippen LogP contribution in [-0.2, 0) is 17.7 Å². The predicted octanol–water partition coefficient (Wildman–Crippen LogP) is 4.14. The van der Waals surface area contributed by atoms with Gasteiger partial charge in [-0.05, 0) is 51.0 Å². The highest BCUT2D eigenvalue weighted by molar-refractivity contribution is 6.04. The van der Waals surface area contributed by atoms with Crippen molar-refractivity contribution in [1.29, 1.82) is 0 Å². The Morgan fingerprint density at radius 1 is 1.22 bits per heavy atom. The molecule has 1 aromatic heterocycles. The molecule has 10 heteroatoms. The summed E-state index contributed by atoms with van der Waals surface area (Å²) in [4.78, 5) is 28.9. The first-order valence-electron chi connectivity index (χ1n) is 10.2. The lowest BCUT2D eigenvalue weighted by molar-refractivity contribution is 0.0523. The van der Waals surface area contributed by atoms with Crippen molar-refractivity contribution in [3.05, 3.63) is 47.8 Å². The first-order chi connectivity index (χ1) is 15.1.